The standard InChI is InChI=1S/C14H21N3/c1-11(7-8-15)12-5-3-4-6-13(12)14-16-9-10-17(14)2/h3-6,11H,7-10,15H2,1-2H3. The van der Waals surface area contributed by atoms with E-state index in [4.69, 9.17) is 5.73 Å². The van der Waals surface area contributed by atoms with Gasteiger partial charge in [0.25, 0.3) is 0 Å². The van der Waals surface area contributed by atoms with Gasteiger partial charge in [-0.25, -0.2) is 0 Å². The van der Waals surface area contributed by atoms with Gasteiger partial charge in [-0.3, -0.25) is 4.99 Å². The summed E-state index contributed by atoms with van der Waals surface area (Å²) < 4.78 is 0. The molecule has 1 aliphatic heterocycles. The number of amidine groups is 1. The second-order valence-corrected chi connectivity index (χ2v) is 4.69. The predicted octanol–water partition coefficient (Wildman–Crippen LogP) is 1.83. The highest BCUT2D eigenvalue weighted by atomic mass is 15.2. The lowest BCUT2D eigenvalue weighted by Gasteiger charge is -2.20. The molecule has 1 unspecified atom stereocenters. The molecule has 3 nitrogen and oxygen atoms in total. The highest BCUT2D eigenvalue weighted by molar-refractivity contribution is 6.01. The van der Waals surface area contributed by atoms with E-state index >= 15 is 0 Å². The normalized spacial score (nSPS) is 17.1. The Balaban J connectivity index is 2.33. The van der Waals surface area contributed by atoms with Gasteiger partial charge in [-0.2, -0.15) is 0 Å². The molecule has 2 N–H and O–H groups in total. The van der Waals surface area contributed by atoms with Crippen LogP contribution in [0.5, 0.6) is 0 Å². The molecule has 0 saturated carbocycles. The number of benzene rings is 1. The van der Waals surface area contributed by atoms with Crippen LogP contribution in [-0.4, -0.2) is 37.4 Å². The van der Waals surface area contributed by atoms with Crippen molar-refractivity contribution in [2.45, 2.75) is 19.3 Å². The zero-order valence-corrected chi connectivity index (χ0v) is 10.7. The lowest BCUT2D eigenvalue weighted by Crippen LogP contribution is -2.25. The van der Waals surface area contributed by atoms with Crippen molar-refractivity contribution in [3.8, 4) is 0 Å². The number of aliphatic imine (C=N–C) groups is 1. The average molecular weight is 231 g/mol. The molecule has 0 amide bonds. The third kappa shape index (κ3) is 2.50. The first-order chi connectivity index (χ1) is 8.24. The first-order valence-electron chi connectivity index (χ1n) is 6.29. The summed E-state index contributed by atoms with van der Waals surface area (Å²) >= 11 is 0. The fourth-order valence-electron chi connectivity index (χ4n) is 2.36. The molecule has 0 saturated heterocycles. The number of nitrogens with two attached hydrogens (primary N) is 1. The summed E-state index contributed by atoms with van der Waals surface area (Å²) in [6.45, 7) is 4.90. The van der Waals surface area contributed by atoms with E-state index in [1.165, 1.54) is 11.1 Å². The molecule has 1 heterocycles. The van der Waals surface area contributed by atoms with Gasteiger partial charge in [-0.15, -0.1) is 0 Å². The first-order valence-corrected chi connectivity index (χ1v) is 6.29. The molecule has 17 heavy (non-hydrogen) atoms. The number of rotatable bonds is 4. The predicted molar refractivity (Wildman–Crippen MR) is 72.6 cm³/mol. The van der Waals surface area contributed by atoms with E-state index in [0.717, 1.165) is 31.9 Å². The van der Waals surface area contributed by atoms with Crippen molar-refractivity contribution >= 4 is 5.84 Å². The zero-order valence-electron chi connectivity index (χ0n) is 10.7. The highest BCUT2D eigenvalue weighted by Crippen LogP contribution is 2.24. The molecule has 2 rings (SSSR count). The Kier molecular flexibility index (Phi) is 3.79. The van der Waals surface area contributed by atoms with Gasteiger partial charge in [-0.05, 0) is 24.4 Å². The molecule has 92 valence electrons. The molecular formula is C14H21N3. The van der Waals surface area contributed by atoms with E-state index in [0.29, 0.717) is 5.92 Å². The second kappa shape index (κ2) is 5.32. The summed E-state index contributed by atoms with van der Waals surface area (Å²) in [4.78, 5) is 6.83. The van der Waals surface area contributed by atoms with E-state index in [2.05, 4.69) is 48.1 Å². The Hall–Kier alpha value is -1.35. The van der Waals surface area contributed by atoms with Gasteiger partial charge in [0, 0.05) is 19.2 Å². The Bertz CT molecular complexity index is 412. The maximum absolute atomic E-state index is 5.66. The molecule has 0 bridgehead atoms. The van der Waals surface area contributed by atoms with Crippen molar-refractivity contribution in [2.75, 3.05) is 26.7 Å². The molecule has 1 atom stereocenters. The van der Waals surface area contributed by atoms with Gasteiger partial charge >= 0.3 is 0 Å². The summed E-state index contributed by atoms with van der Waals surface area (Å²) in [6.07, 6.45) is 1.02. The van der Waals surface area contributed by atoms with E-state index in [-0.39, 0.29) is 0 Å². The van der Waals surface area contributed by atoms with Crippen molar-refractivity contribution < 1.29 is 0 Å². The van der Waals surface area contributed by atoms with Crippen molar-refractivity contribution in [3.05, 3.63) is 35.4 Å². The Morgan fingerprint density at radius 3 is 2.82 bits per heavy atom. The lowest BCUT2D eigenvalue weighted by atomic mass is 9.92. The minimum atomic E-state index is 0.493. The summed E-state index contributed by atoms with van der Waals surface area (Å²) in [5.41, 5.74) is 8.29. The van der Waals surface area contributed by atoms with Crippen LogP contribution in [0.3, 0.4) is 0 Å². The van der Waals surface area contributed by atoms with Crippen molar-refractivity contribution in [1.82, 2.24) is 4.90 Å². The lowest BCUT2D eigenvalue weighted by molar-refractivity contribution is 0.555. The zero-order chi connectivity index (χ0) is 12.3. The maximum Gasteiger partial charge on any atom is 0.131 e. The fourth-order valence-corrected chi connectivity index (χ4v) is 2.36. The first kappa shape index (κ1) is 12.1. The van der Waals surface area contributed by atoms with Crippen molar-refractivity contribution in [1.29, 1.82) is 0 Å². The van der Waals surface area contributed by atoms with Crippen LogP contribution in [0.1, 0.15) is 30.4 Å². The molecule has 0 spiro atoms. The van der Waals surface area contributed by atoms with E-state index in [1.54, 1.807) is 0 Å². The van der Waals surface area contributed by atoms with Crippen LogP contribution in [0.2, 0.25) is 0 Å². The topological polar surface area (TPSA) is 41.6 Å². The molecule has 0 fully saturated rings. The summed E-state index contributed by atoms with van der Waals surface area (Å²) in [7, 11) is 2.11. The number of nitrogens with zero attached hydrogens (tertiary/aromatic N) is 2. The molecule has 1 aliphatic rings. The minimum Gasteiger partial charge on any atom is -0.358 e. The van der Waals surface area contributed by atoms with Gasteiger partial charge in [-0.1, -0.05) is 31.2 Å². The molecule has 1 aromatic rings. The number of hydrogen-bond acceptors (Lipinski definition) is 3. The minimum absolute atomic E-state index is 0.493. The maximum atomic E-state index is 5.66. The fraction of sp³-hybridized carbons (Fsp3) is 0.500. The van der Waals surface area contributed by atoms with Crippen LogP contribution in [0, 0.1) is 0 Å². The Morgan fingerprint density at radius 2 is 2.18 bits per heavy atom. The molecule has 0 radical (unpaired) electrons. The van der Waals surface area contributed by atoms with Crippen LogP contribution in [0.25, 0.3) is 0 Å². The van der Waals surface area contributed by atoms with E-state index < -0.39 is 0 Å². The van der Waals surface area contributed by atoms with Crippen LogP contribution >= 0.6 is 0 Å². The van der Waals surface area contributed by atoms with Gasteiger partial charge < -0.3 is 10.6 Å². The Labute approximate surface area is 103 Å². The largest absolute Gasteiger partial charge is 0.358 e. The summed E-state index contributed by atoms with van der Waals surface area (Å²) in [5.74, 6) is 1.62. The van der Waals surface area contributed by atoms with Gasteiger partial charge in [0.15, 0.2) is 0 Å². The van der Waals surface area contributed by atoms with Crippen LogP contribution in [0.15, 0.2) is 29.3 Å². The van der Waals surface area contributed by atoms with E-state index in [1.807, 2.05) is 0 Å². The molecule has 0 aromatic heterocycles. The smallest absolute Gasteiger partial charge is 0.131 e. The third-order valence-electron chi connectivity index (χ3n) is 3.39. The molecular weight excluding hydrogens is 210 g/mol. The third-order valence-corrected chi connectivity index (χ3v) is 3.39. The van der Waals surface area contributed by atoms with Crippen molar-refractivity contribution in [3.63, 3.8) is 0 Å². The SMILES string of the molecule is CC(CCN)c1ccccc1C1=NCCN1C. The van der Waals surface area contributed by atoms with Gasteiger partial charge in [0.2, 0.25) is 0 Å². The van der Waals surface area contributed by atoms with Crippen LogP contribution < -0.4 is 5.73 Å². The molecule has 3 heteroatoms. The van der Waals surface area contributed by atoms with Gasteiger partial charge in [0.1, 0.15) is 5.84 Å². The molecule has 0 aliphatic carbocycles. The molecule has 1 aromatic carbocycles. The average Bonchev–Trinajstić information content (AvgIpc) is 2.76. The van der Waals surface area contributed by atoms with Crippen LogP contribution in [-0.2, 0) is 0 Å². The van der Waals surface area contributed by atoms with Crippen molar-refractivity contribution in [2.24, 2.45) is 10.7 Å². The monoisotopic (exact) mass is 231 g/mol. The Morgan fingerprint density at radius 1 is 1.41 bits per heavy atom. The van der Waals surface area contributed by atoms with Gasteiger partial charge in [0.05, 0.1) is 6.54 Å². The second-order valence-electron chi connectivity index (χ2n) is 4.69. The van der Waals surface area contributed by atoms with E-state index in [9.17, 15) is 0 Å². The number of likely N-dealkylation sites (N-methyl/N-ethyl adjacent to an activating group) is 1. The summed E-state index contributed by atoms with van der Waals surface area (Å²) in [6, 6.07) is 8.55. The highest BCUT2D eigenvalue weighted by Gasteiger charge is 2.19. The van der Waals surface area contributed by atoms with Crippen LogP contribution in [0.4, 0.5) is 0 Å². The number of hydrogen-bond donors (Lipinski definition) is 1. The quantitative estimate of drug-likeness (QED) is 0.859. The summed E-state index contributed by atoms with van der Waals surface area (Å²) in [5, 5.41) is 0.